The maximum absolute atomic E-state index is 10.3. The molecule has 0 aliphatic heterocycles. The van der Waals surface area contributed by atoms with Gasteiger partial charge in [0, 0.05) is 10.0 Å². The van der Waals surface area contributed by atoms with E-state index >= 15 is 0 Å². The van der Waals surface area contributed by atoms with Gasteiger partial charge in [-0.2, -0.15) is 0 Å². The second-order valence-corrected chi connectivity index (χ2v) is 4.16. The number of phenols is 1. The maximum Gasteiger partial charge on any atom is 0.144 e. The molecule has 66 valence electrons. The van der Waals surface area contributed by atoms with Crippen molar-refractivity contribution < 1.29 is 13.5 Å². The molecular formula is C7H7BrO3S. The highest BCUT2D eigenvalue weighted by Crippen LogP contribution is 2.22. The Labute approximate surface area is 80.1 Å². The quantitative estimate of drug-likeness (QED) is 0.778. The van der Waals surface area contributed by atoms with Gasteiger partial charge in [-0.15, -0.1) is 0 Å². The van der Waals surface area contributed by atoms with E-state index in [4.69, 9.17) is 0 Å². The summed E-state index contributed by atoms with van der Waals surface area (Å²) in [7, 11) is -2.49. The highest BCUT2D eigenvalue weighted by molar-refractivity contribution is 9.10. The number of rotatable bonds is 2. The molecule has 1 aromatic rings. The van der Waals surface area contributed by atoms with Gasteiger partial charge >= 0.3 is 0 Å². The van der Waals surface area contributed by atoms with E-state index in [0.29, 0.717) is 5.56 Å². The molecule has 0 radical (unpaired) electrons. The molecule has 0 atom stereocenters. The highest BCUT2D eigenvalue weighted by Gasteiger charge is 2.02. The molecule has 12 heavy (non-hydrogen) atoms. The third kappa shape index (κ3) is 2.49. The Morgan fingerprint density at radius 3 is 2.67 bits per heavy atom. The molecular weight excluding hydrogens is 244 g/mol. The van der Waals surface area contributed by atoms with Crippen LogP contribution in [0.15, 0.2) is 22.7 Å². The van der Waals surface area contributed by atoms with E-state index < -0.39 is 10.7 Å². The maximum atomic E-state index is 10.3. The Morgan fingerprint density at radius 2 is 2.08 bits per heavy atom. The van der Waals surface area contributed by atoms with Crippen molar-refractivity contribution in [2.24, 2.45) is 0 Å². The summed E-state index contributed by atoms with van der Waals surface area (Å²) in [5.74, 6) is -0.113. The number of aromatic hydroxyl groups is 1. The summed E-state index contributed by atoms with van der Waals surface area (Å²) in [5.41, 5.74) is 0.417. The minimum absolute atomic E-state index is 0.0115. The van der Waals surface area contributed by atoms with Crippen molar-refractivity contribution in [2.45, 2.75) is 5.75 Å². The lowest BCUT2D eigenvalue weighted by Crippen LogP contribution is -1.87. The van der Waals surface area contributed by atoms with E-state index in [9.17, 15) is 13.5 Å². The Balaban J connectivity index is 3.05. The van der Waals surface area contributed by atoms with Crippen LogP contribution in [0.3, 0.4) is 0 Å². The van der Waals surface area contributed by atoms with E-state index in [2.05, 4.69) is 15.9 Å². The molecule has 0 spiro atoms. The molecule has 1 aromatic carbocycles. The fourth-order valence-corrected chi connectivity index (χ4v) is 1.76. The molecule has 5 heteroatoms. The predicted octanol–water partition coefficient (Wildman–Crippen LogP) is 1.27. The molecule has 0 bridgehead atoms. The van der Waals surface area contributed by atoms with E-state index in [1.807, 2.05) is 0 Å². The van der Waals surface area contributed by atoms with Gasteiger partial charge in [-0.1, -0.05) is 15.9 Å². The predicted molar refractivity (Wildman–Crippen MR) is 49.8 cm³/mol. The van der Waals surface area contributed by atoms with Crippen molar-refractivity contribution in [2.75, 3.05) is 0 Å². The summed E-state index contributed by atoms with van der Waals surface area (Å²) >= 11 is 3.18. The average molecular weight is 251 g/mol. The monoisotopic (exact) mass is 250 g/mol. The molecule has 1 rings (SSSR count). The summed E-state index contributed by atoms with van der Waals surface area (Å²) in [6, 6.07) is 4.69. The molecule has 0 fully saturated rings. The van der Waals surface area contributed by atoms with Gasteiger partial charge in [-0.25, -0.2) is 8.42 Å². The van der Waals surface area contributed by atoms with E-state index in [0.717, 1.165) is 4.47 Å². The minimum Gasteiger partial charge on any atom is -0.508 e. The molecule has 1 N–H and O–H groups in total. The second-order valence-electron chi connectivity index (χ2n) is 2.26. The largest absolute Gasteiger partial charge is 0.508 e. The van der Waals surface area contributed by atoms with Crippen LogP contribution in [-0.2, 0) is 16.5 Å². The minimum atomic E-state index is -2.49. The van der Waals surface area contributed by atoms with Gasteiger partial charge in [-0.3, -0.25) is 0 Å². The summed E-state index contributed by atoms with van der Waals surface area (Å²) in [6.07, 6.45) is 0. The number of hydrogen-bond acceptors (Lipinski definition) is 3. The van der Waals surface area contributed by atoms with Crippen molar-refractivity contribution in [3.8, 4) is 5.75 Å². The molecule has 0 amide bonds. The van der Waals surface area contributed by atoms with Crippen LogP contribution in [0, 0.1) is 0 Å². The molecule has 0 heterocycles. The van der Waals surface area contributed by atoms with Gasteiger partial charge < -0.3 is 5.11 Å². The van der Waals surface area contributed by atoms with Crippen LogP contribution in [0.25, 0.3) is 0 Å². The lowest BCUT2D eigenvalue weighted by atomic mass is 10.2. The number of hydrogen-bond donors (Lipinski definition) is 2. The van der Waals surface area contributed by atoms with Gasteiger partial charge in [0.25, 0.3) is 0 Å². The van der Waals surface area contributed by atoms with Crippen molar-refractivity contribution in [3.63, 3.8) is 0 Å². The number of phenolic OH excluding ortho intramolecular Hbond substituents is 1. The average Bonchev–Trinajstić information content (AvgIpc) is 1.96. The highest BCUT2D eigenvalue weighted by atomic mass is 79.9. The van der Waals surface area contributed by atoms with Crippen LogP contribution in [0.2, 0.25) is 0 Å². The molecule has 0 aromatic heterocycles. The lowest BCUT2D eigenvalue weighted by Gasteiger charge is -1.99. The fraction of sp³-hybridized carbons (Fsp3) is 0.143. The number of thiol groups is 1. The van der Waals surface area contributed by atoms with Gasteiger partial charge in [0.15, 0.2) is 0 Å². The van der Waals surface area contributed by atoms with Crippen molar-refractivity contribution in [1.82, 2.24) is 0 Å². The summed E-state index contributed by atoms with van der Waals surface area (Å²) < 4.78 is 21.4. The molecule has 0 aliphatic carbocycles. The first-order chi connectivity index (χ1) is 5.59. The van der Waals surface area contributed by atoms with Crippen molar-refractivity contribution >= 4 is 26.6 Å². The van der Waals surface area contributed by atoms with Crippen LogP contribution < -0.4 is 0 Å². The molecule has 0 unspecified atom stereocenters. The first-order valence-corrected chi connectivity index (χ1v) is 5.34. The Bertz CT molecular complexity index is 352. The number of halogens is 1. The zero-order chi connectivity index (χ0) is 9.14. The van der Waals surface area contributed by atoms with Gasteiger partial charge in [0.1, 0.15) is 16.5 Å². The lowest BCUT2D eigenvalue weighted by molar-refractivity contribution is 0.470. The summed E-state index contributed by atoms with van der Waals surface area (Å²) in [4.78, 5) is 0. The van der Waals surface area contributed by atoms with Gasteiger partial charge in [0.2, 0.25) is 0 Å². The van der Waals surface area contributed by atoms with E-state index in [-0.39, 0.29) is 11.5 Å². The van der Waals surface area contributed by atoms with Crippen LogP contribution in [0.1, 0.15) is 5.56 Å². The molecule has 0 saturated carbocycles. The van der Waals surface area contributed by atoms with Crippen LogP contribution >= 0.6 is 15.9 Å². The van der Waals surface area contributed by atoms with Gasteiger partial charge in [0.05, 0.1) is 5.75 Å². The standard InChI is InChI=1S/C7H7BrO3S/c8-6-1-2-7(9)5(3-6)4-12(10)11/h1-3,9,12H,4H2. The molecule has 0 saturated heterocycles. The zero-order valence-corrected chi connectivity index (χ0v) is 8.51. The zero-order valence-electron chi connectivity index (χ0n) is 6.03. The van der Waals surface area contributed by atoms with Crippen LogP contribution in [0.5, 0.6) is 5.75 Å². The smallest absolute Gasteiger partial charge is 0.144 e. The normalized spacial score (nSPS) is 10.5. The SMILES string of the molecule is O=[SH](=O)Cc1cc(Br)ccc1O. The first kappa shape index (κ1) is 9.54. The van der Waals surface area contributed by atoms with Crippen LogP contribution in [0.4, 0.5) is 0 Å². The Kier molecular flexibility index (Phi) is 3.11. The third-order valence-corrected chi connectivity index (χ3v) is 2.43. The van der Waals surface area contributed by atoms with E-state index in [1.165, 1.54) is 6.07 Å². The van der Waals surface area contributed by atoms with E-state index in [1.54, 1.807) is 12.1 Å². The second kappa shape index (κ2) is 3.91. The van der Waals surface area contributed by atoms with Crippen molar-refractivity contribution in [1.29, 1.82) is 0 Å². The number of benzene rings is 1. The Hall–Kier alpha value is -0.550. The fourth-order valence-electron chi connectivity index (χ4n) is 0.820. The molecule has 0 aliphatic rings. The summed E-state index contributed by atoms with van der Waals surface area (Å²) in [5, 5.41) is 9.20. The summed E-state index contributed by atoms with van der Waals surface area (Å²) in [6.45, 7) is 0. The molecule has 3 nitrogen and oxygen atoms in total. The van der Waals surface area contributed by atoms with Crippen LogP contribution in [-0.4, -0.2) is 13.5 Å². The van der Waals surface area contributed by atoms with Gasteiger partial charge in [-0.05, 0) is 18.2 Å². The topological polar surface area (TPSA) is 54.4 Å². The Morgan fingerprint density at radius 1 is 1.42 bits per heavy atom. The third-order valence-electron chi connectivity index (χ3n) is 1.34. The van der Waals surface area contributed by atoms with Crippen molar-refractivity contribution in [3.05, 3.63) is 28.2 Å². The first-order valence-electron chi connectivity index (χ1n) is 3.19.